The number of aliphatic hydroxyl groups excluding tert-OH is 6. The summed E-state index contributed by atoms with van der Waals surface area (Å²) in [5, 5.41) is 69.2. The summed E-state index contributed by atoms with van der Waals surface area (Å²) in [6.45, 7) is -1.53. The van der Waals surface area contributed by atoms with E-state index in [4.69, 9.17) is 28.8 Å². The van der Waals surface area contributed by atoms with E-state index in [1.165, 1.54) is 7.11 Å². The largest absolute Gasteiger partial charge is 0.493 e. The Morgan fingerprint density at radius 3 is 2.41 bits per heavy atom. The van der Waals surface area contributed by atoms with E-state index >= 15 is 0 Å². The first-order valence-corrected chi connectivity index (χ1v) is 10.1. The summed E-state index contributed by atoms with van der Waals surface area (Å²) in [6, 6.07) is 4.89. The lowest BCUT2D eigenvalue weighted by molar-refractivity contribution is -0.289. The van der Waals surface area contributed by atoms with E-state index < -0.39 is 55.3 Å². The van der Waals surface area contributed by atoms with E-state index in [1.807, 2.05) is 0 Å². The van der Waals surface area contributed by atoms with E-state index in [1.54, 1.807) is 18.2 Å². The van der Waals surface area contributed by atoms with Crippen molar-refractivity contribution in [1.82, 2.24) is 0 Å². The first kappa shape index (κ1) is 25.1. The van der Waals surface area contributed by atoms with Gasteiger partial charge >= 0.3 is 0 Å². The molecule has 8 atom stereocenters. The molecule has 32 heavy (non-hydrogen) atoms. The summed E-state index contributed by atoms with van der Waals surface area (Å²) in [7, 11) is 1.42. The number of methoxy groups -OCH3 is 1. The monoisotopic (exact) mass is 462 g/mol. The predicted molar refractivity (Wildman–Crippen MR) is 105 cm³/mol. The third-order valence-electron chi connectivity index (χ3n) is 5.54. The van der Waals surface area contributed by atoms with Gasteiger partial charge in [0.15, 0.2) is 17.8 Å². The van der Waals surface area contributed by atoms with E-state index in [0.717, 1.165) is 5.56 Å². The van der Waals surface area contributed by atoms with Crippen molar-refractivity contribution in [2.75, 3.05) is 33.5 Å². The van der Waals surface area contributed by atoms with Gasteiger partial charge in [-0.2, -0.15) is 0 Å². The van der Waals surface area contributed by atoms with Gasteiger partial charge in [-0.3, -0.25) is 0 Å². The van der Waals surface area contributed by atoms with Crippen molar-refractivity contribution in [1.29, 1.82) is 0 Å². The molecule has 2 aliphatic rings. The lowest BCUT2D eigenvalue weighted by atomic mass is 9.99. The molecule has 1 aromatic rings. The number of rotatable bonds is 9. The van der Waals surface area contributed by atoms with Crippen molar-refractivity contribution < 1.29 is 59.4 Å². The standard InChI is InChI=1S/C20H30O12/c1-28-12-6-10(4-5-21)2-3-11(12)31-18-16(25)15(24)14(23)13(32-18)7-29-19-17(26)20(27,8-22)9-30-19/h2-3,6,13-19,21-27H,4-5,7-9H2,1H3. The molecule has 0 aliphatic carbocycles. The molecular formula is C20H30O12. The fourth-order valence-corrected chi connectivity index (χ4v) is 3.50. The van der Waals surface area contributed by atoms with Gasteiger partial charge < -0.3 is 59.4 Å². The first-order valence-electron chi connectivity index (χ1n) is 10.1. The van der Waals surface area contributed by atoms with Gasteiger partial charge in [0, 0.05) is 6.61 Å². The first-order chi connectivity index (χ1) is 15.2. The summed E-state index contributed by atoms with van der Waals surface area (Å²) < 4.78 is 27.0. The summed E-state index contributed by atoms with van der Waals surface area (Å²) in [5.74, 6) is 0.509. The fraction of sp³-hybridized carbons (Fsp3) is 0.700. The fourth-order valence-electron chi connectivity index (χ4n) is 3.50. The molecule has 0 aromatic heterocycles. The lowest BCUT2D eigenvalue weighted by Gasteiger charge is -2.40. The van der Waals surface area contributed by atoms with Crippen LogP contribution in [0.2, 0.25) is 0 Å². The molecule has 0 radical (unpaired) electrons. The number of hydrogen-bond donors (Lipinski definition) is 7. The SMILES string of the molecule is COc1cc(CCO)ccc1OC1OC(COC2OCC(O)(CO)C2O)C(O)C(O)C1O. The van der Waals surface area contributed by atoms with Crippen LogP contribution in [-0.4, -0.2) is 118 Å². The van der Waals surface area contributed by atoms with Gasteiger partial charge in [0.2, 0.25) is 6.29 Å². The van der Waals surface area contributed by atoms with E-state index in [2.05, 4.69) is 0 Å². The highest BCUT2D eigenvalue weighted by Crippen LogP contribution is 2.33. The minimum absolute atomic E-state index is 0.0469. The molecule has 7 N–H and O–H groups in total. The molecule has 2 heterocycles. The van der Waals surface area contributed by atoms with Gasteiger partial charge in [0.05, 0.1) is 26.9 Å². The zero-order chi connectivity index (χ0) is 23.5. The maximum absolute atomic E-state index is 10.3. The Hall–Kier alpha value is -1.58. The molecule has 0 amide bonds. The summed E-state index contributed by atoms with van der Waals surface area (Å²) in [6.07, 6.45) is -9.80. The van der Waals surface area contributed by atoms with Crippen LogP contribution in [0, 0.1) is 0 Å². The van der Waals surface area contributed by atoms with Crippen LogP contribution < -0.4 is 9.47 Å². The highest BCUT2D eigenvalue weighted by molar-refractivity contribution is 5.43. The van der Waals surface area contributed by atoms with Crippen LogP contribution in [0.4, 0.5) is 0 Å². The molecule has 0 spiro atoms. The molecule has 2 fully saturated rings. The zero-order valence-corrected chi connectivity index (χ0v) is 17.5. The maximum atomic E-state index is 10.3. The number of hydrogen-bond acceptors (Lipinski definition) is 12. The lowest BCUT2D eigenvalue weighted by Crippen LogP contribution is -2.60. The third kappa shape index (κ3) is 5.15. The summed E-state index contributed by atoms with van der Waals surface area (Å²) >= 11 is 0. The Kier molecular flexibility index (Phi) is 8.27. The predicted octanol–water partition coefficient (Wildman–Crippen LogP) is -3.13. The molecule has 8 unspecified atom stereocenters. The minimum Gasteiger partial charge on any atom is -0.493 e. The maximum Gasteiger partial charge on any atom is 0.229 e. The Bertz CT molecular complexity index is 747. The molecule has 1 aromatic carbocycles. The number of aliphatic hydroxyl groups is 7. The van der Waals surface area contributed by atoms with Gasteiger partial charge in [-0.05, 0) is 24.1 Å². The molecule has 12 nitrogen and oxygen atoms in total. The second-order valence-electron chi connectivity index (χ2n) is 7.81. The van der Waals surface area contributed by atoms with Crippen molar-refractivity contribution in [2.45, 2.75) is 55.1 Å². The third-order valence-corrected chi connectivity index (χ3v) is 5.54. The van der Waals surface area contributed by atoms with Gasteiger partial charge in [-0.25, -0.2) is 0 Å². The van der Waals surface area contributed by atoms with Gasteiger partial charge in [0.25, 0.3) is 0 Å². The van der Waals surface area contributed by atoms with Crippen molar-refractivity contribution in [3.05, 3.63) is 23.8 Å². The Morgan fingerprint density at radius 1 is 1.03 bits per heavy atom. The molecule has 3 rings (SSSR count). The second kappa shape index (κ2) is 10.6. The molecule has 182 valence electrons. The molecule has 2 aliphatic heterocycles. The van der Waals surface area contributed by atoms with E-state index in [-0.39, 0.29) is 25.6 Å². The Labute approximate surface area is 184 Å². The average Bonchev–Trinajstić information content (AvgIpc) is 3.08. The van der Waals surface area contributed by atoms with Crippen LogP contribution >= 0.6 is 0 Å². The van der Waals surface area contributed by atoms with E-state index in [0.29, 0.717) is 12.2 Å². The van der Waals surface area contributed by atoms with Crippen molar-refractivity contribution in [3.8, 4) is 11.5 Å². The normalized spacial score (nSPS) is 37.4. The van der Waals surface area contributed by atoms with Crippen LogP contribution in [0.3, 0.4) is 0 Å². The van der Waals surface area contributed by atoms with Gasteiger partial charge in [-0.1, -0.05) is 6.07 Å². The molecule has 0 saturated carbocycles. The molecule has 2 saturated heterocycles. The van der Waals surface area contributed by atoms with Crippen LogP contribution in [0.1, 0.15) is 5.56 Å². The summed E-state index contributed by atoms with van der Waals surface area (Å²) in [5.41, 5.74) is -1.09. The minimum atomic E-state index is -1.88. The van der Waals surface area contributed by atoms with E-state index in [9.17, 15) is 30.6 Å². The van der Waals surface area contributed by atoms with Crippen LogP contribution in [0.5, 0.6) is 11.5 Å². The smallest absolute Gasteiger partial charge is 0.229 e. The number of ether oxygens (including phenoxy) is 5. The highest BCUT2D eigenvalue weighted by atomic mass is 16.7. The summed E-state index contributed by atoms with van der Waals surface area (Å²) in [4.78, 5) is 0. The van der Waals surface area contributed by atoms with Gasteiger partial charge in [0.1, 0.15) is 36.1 Å². The average molecular weight is 462 g/mol. The number of benzene rings is 1. The van der Waals surface area contributed by atoms with Crippen molar-refractivity contribution >= 4 is 0 Å². The highest BCUT2D eigenvalue weighted by Gasteiger charge is 2.50. The van der Waals surface area contributed by atoms with Crippen LogP contribution in [0.15, 0.2) is 18.2 Å². The van der Waals surface area contributed by atoms with Gasteiger partial charge in [-0.15, -0.1) is 0 Å². The van der Waals surface area contributed by atoms with Crippen molar-refractivity contribution in [2.24, 2.45) is 0 Å². The Balaban J connectivity index is 1.67. The quantitative estimate of drug-likeness (QED) is 0.196. The molecule has 0 bridgehead atoms. The zero-order valence-electron chi connectivity index (χ0n) is 17.5. The topological polar surface area (TPSA) is 188 Å². The Morgan fingerprint density at radius 2 is 1.78 bits per heavy atom. The second-order valence-corrected chi connectivity index (χ2v) is 7.81. The van der Waals surface area contributed by atoms with Crippen LogP contribution in [0.25, 0.3) is 0 Å². The van der Waals surface area contributed by atoms with Crippen LogP contribution in [-0.2, 0) is 20.6 Å². The molecule has 12 heteroatoms. The van der Waals surface area contributed by atoms with Crippen molar-refractivity contribution in [3.63, 3.8) is 0 Å². The molecular weight excluding hydrogens is 432 g/mol.